The molecule has 0 spiro atoms. The Bertz CT molecular complexity index is 578. The zero-order valence-electron chi connectivity index (χ0n) is 13.3. The van der Waals surface area contributed by atoms with E-state index in [0.29, 0.717) is 0 Å². The van der Waals surface area contributed by atoms with Crippen LogP contribution in [-0.2, 0) is 6.42 Å². The van der Waals surface area contributed by atoms with E-state index in [-0.39, 0.29) is 6.04 Å². The molecule has 0 aliphatic heterocycles. The van der Waals surface area contributed by atoms with Gasteiger partial charge in [0.05, 0.1) is 0 Å². The summed E-state index contributed by atoms with van der Waals surface area (Å²) in [6.07, 6.45) is 3.63. The largest absolute Gasteiger partial charge is 0.373 e. The van der Waals surface area contributed by atoms with Crippen molar-refractivity contribution in [3.63, 3.8) is 0 Å². The van der Waals surface area contributed by atoms with Crippen LogP contribution in [0.1, 0.15) is 43.0 Å². The van der Waals surface area contributed by atoms with E-state index in [1.165, 1.54) is 11.1 Å². The highest BCUT2D eigenvalue weighted by Crippen LogP contribution is 2.25. The second kappa shape index (κ2) is 7.07. The van der Waals surface area contributed by atoms with Crippen LogP contribution in [0.15, 0.2) is 30.6 Å². The average molecular weight is 284 g/mol. The number of nitrogens with zero attached hydrogens (tertiary/aromatic N) is 2. The fourth-order valence-corrected chi connectivity index (χ4v) is 2.38. The number of benzene rings is 1. The summed E-state index contributed by atoms with van der Waals surface area (Å²) in [5, 5.41) is 6.66. The molecular formula is C17H24N4. The van der Waals surface area contributed by atoms with Crippen molar-refractivity contribution in [2.45, 2.75) is 39.7 Å². The Labute approximate surface area is 127 Å². The van der Waals surface area contributed by atoms with Crippen LogP contribution in [0.5, 0.6) is 0 Å². The number of aromatic nitrogens is 2. The number of anilines is 2. The fourth-order valence-electron chi connectivity index (χ4n) is 2.38. The molecule has 0 amide bonds. The molecule has 21 heavy (non-hydrogen) atoms. The third-order valence-electron chi connectivity index (χ3n) is 3.61. The summed E-state index contributed by atoms with van der Waals surface area (Å²) in [6, 6.07) is 8.80. The molecule has 0 saturated carbocycles. The second-order valence-corrected chi connectivity index (χ2v) is 5.33. The molecule has 1 heterocycles. The highest BCUT2D eigenvalue weighted by molar-refractivity contribution is 5.58. The standard InChI is InChI=1S/C17H24N4/c1-5-6-15-16(18-4)19-11-20-17(15)21-13(3)14-9-7-12(2)8-10-14/h7-11,13H,5-6H2,1-4H3,(H2,18,19,20,21). The molecule has 0 saturated heterocycles. The number of aryl methyl sites for hydroxylation is 1. The summed E-state index contributed by atoms with van der Waals surface area (Å²) in [7, 11) is 1.90. The van der Waals surface area contributed by atoms with Crippen molar-refractivity contribution in [3.8, 4) is 0 Å². The van der Waals surface area contributed by atoms with E-state index in [9.17, 15) is 0 Å². The highest BCUT2D eigenvalue weighted by Gasteiger charge is 2.13. The van der Waals surface area contributed by atoms with Gasteiger partial charge in [-0.25, -0.2) is 9.97 Å². The van der Waals surface area contributed by atoms with E-state index in [2.05, 4.69) is 65.6 Å². The Balaban J connectivity index is 2.24. The average Bonchev–Trinajstić information content (AvgIpc) is 2.49. The first-order valence-corrected chi connectivity index (χ1v) is 7.50. The maximum atomic E-state index is 4.43. The first kappa shape index (κ1) is 15.3. The maximum Gasteiger partial charge on any atom is 0.135 e. The lowest BCUT2D eigenvalue weighted by Crippen LogP contribution is -2.12. The third-order valence-corrected chi connectivity index (χ3v) is 3.61. The van der Waals surface area contributed by atoms with Gasteiger partial charge in [0.2, 0.25) is 0 Å². The lowest BCUT2D eigenvalue weighted by molar-refractivity contribution is 0.847. The first-order chi connectivity index (χ1) is 10.2. The van der Waals surface area contributed by atoms with Crippen molar-refractivity contribution in [3.05, 3.63) is 47.3 Å². The molecule has 1 aromatic carbocycles. The van der Waals surface area contributed by atoms with Gasteiger partial charge in [-0.2, -0.15) is 0 Å². The van der Waals surface area contributed by atoms with Crippen LogP contribution in [0.2, 0.25) is 0 Å². The Morgan fingerprint density at radius 1 is 1.10 bits per heavy atom. The molecule has 2 N–H and O–H groups in total. The molecule has 4 heteroatoms. The van der Waals surface area contributed by atoms with E-state index in [0.717, 1.165) is 30.0 Å². The van der Waals surface area contributed by atoms with Gasteiger partial charge in [0.25, 0.3) is 0 Å². The number of hydrogen-bond acceptors (Lipinski definition) is 4. The van der Waals surface area contributed by atoms with Gasteiger partial charge in [-0.05, 0) is 25.8 Å². The van der Waals surface area contributed by atoms with Gasteiger partial charge in [0, 0.05) is 18.7 Å². The molecule has 1 aromatic heterocycles. The van der Waals surface area contributed by atoms with Crippen LogP contribution >= 0.6 is 0 Å². The van der Waals surface area contributed by atoms with Gasteiger partial charge < -0.3 is 10.6 Å². The minimum absolute atomic E-state index is 0.209. The topological polar surface area (TPSA) is 49.8 Å². The van der Waals surface area contributed by atoms with Crippen molar-refractivity contribution in [2.75, 3.05) is 17.7 Å². The summed E-state index contributed by atoms with van der Waals surface area (Å²) in [6.45, 7) is 6.42. The lowest BCUT2D eigenvalue weighted by atomic mass is 10.1. The van der Waals surface area contributed by atoms with Crippen molar-refractivity contribution >= 4 is 11.6 Å². The molecule has 4 nitrogen and oxygen atoms in total. The summed E-state index contributed by atoms with van der Waals surface area (Å²) in [5.74, 6) is 1.83. The van der Waals surface area contributed by atoms with Gasteiger partial charge in [0.15, 0.2) is 0 Å². The second-order valence-electron chi connectivity index (χ2n) is 5.33. The maximum absolute atomic E-state index is 4.43. The zero-order chi connectivity index (χ0) is 15.2. The smallest absolute Gasteiger partial charge is 0.135 e. The van der Waals surface area contributed by atoms with Crippen LogP contribution in [0.3, 0.4) is 0 Å². The van der Waals surface area contributed by atoms with Crippen LogP contribution in [0.25, 0.3) is 0 Å². The van der Waals surface area contributed by atoms with E-state index in [1.807, 2.05) is 7.05 Å². The highest BCUT2D eigenvalue weighted by atomic mass is 15.1. The molecule has 2 rings (SSSR count). The minimum atomic E-state index is 0.209. The molecule has 0 radical (unpaired) electrons. The van der Waals surface area contributed by atoms with Gasteiger partial charge >= 0.3 is 0 Å². The van der Waals surface area contributed by atoms with E-state index < -0.39 is 0 Å². The van der Waals surface area contributed by atoms with E-state index >= 15 is 0 Å². The summed E-state index contributed by atoms with van der Waals surface area (Å²) < 4.78 is 0. The number of nitrogens with one attached hydrogen (secondary N) is 2. The number of hydrogen-bond donors (Lipinski definition) is 2. The van der Waals surface area contributed by atoms with Crippen LogP contribution in [0, 0.1) is 6.92 Å². The Morgan fingerprint density at radius 2 is 1.76 bits per heavy atom. The predicted molar refractivity (Wildman–Crippen MR) is 88.8 cm³/mol. The molecule has 112 valence electrons. The third kappa shape index (κ3) is 3.72. The van der Waals surface area contributed by atoms with Gasteiger partial charge in [-0.1, -0.05) is 43.2 Å². The SMILES string of the molecule is CCCc1c(NC)ncnc1NC(C)c1ccc(C)cc1. The van der Waals surface area contributed by atoms with Crippen molar-refractivity contribution < 1.29 is 0 Å². The van der Waals surface area contributed by atoms with Crippen LogP contribution < -0.4 is 10.6 Å². The molecule has 1 unspecified atom stereocenters. The summed E-state index contributed by atoms with van der Waals surface area (Å²) in [4.78, 5) is 8.73. The van der Waals surface area contributed by atoms with E-state index in [1.54, 1.807) is 6.33 Å². The van der Waals surface area contributed by atoms with E-state index in [4.69, 9.17) is 0 Å². The predicted octanol–water partition coefficient (Wildman–Crippen LogP) is 3.95. The van der Waals surface area contributed by atoms with Crippen molar-refractivity contribution in [2.24, 2.45) is 0 Å². The van der Waals surface area contributed by atoms with Crippen molar-refractivity contribution in [1.29, 1.82) is 0 Å². The molecule has 0 fully saturated rings. The van der Waals surface area contributed by atoms with Crippen molar-refractivity contribution in [1.82, 2.24) is 9.97 Å². The van der Waals surface area contributed by atoms with Gasteiger partial charge in [-0.15, -0.1) is 0 Å². The lowest BCUT2D eigenvalue weighted by Gasteiger charge is -2.19. The van der Waals surface area contributed by atoms with Crippen LogP contribution in [0.4, 0.5) is 11.6 Å². The van der Waals surface area contributed by atoms with Gasteiger partial charge in [-0.3, -0.25) is 0 Å². The van der Waals surface area contributed by atoms with Crippen LogP contribution in [-0.4, -0.2) is 17.0 Å². The Morgan fingerprint density at radius 3 is 2.38 bits per heavy atom. The Hall–Kier alpha value is -2.10. The Kier molecular flexibility index (Phi) is 5.14. The molecule has 1 atom stereocenters. The fraction of sp³-hybridized carbons (Fsp3) is 0.412. The summed E-state index contributed by atoms with van der Waals surface area (Å²) >= 11 is 0. The van der Waals surface area contributed by atoms with Gasteiger partial charge in [0.1, 0.15) is 18.0 Å². The quantitative estimate of drug-likeness (QED) is 0.843. The normalized spacial score (nSPS) is 12.0. The summed E-state index contributed by atoms with van der Waals surface area (Å²) in [5.41, 5.74) is 3.69. The first-order valence-electron chi connectivity index (χ1n) is 7.50. The monoisotopic (exact) mass is 284 g/mol. The molecule has 0 bridgehead atoms. The zero-order valence-corrected chi connectivity index (χ0v) is 13.3. The molecule has 0 aliphatic rings. The molecule has 0 aliphatic carbocycles. The molecule has 2 aromatic rings. The minimum Gasteiger partial charge on any atom is -0.373 e. The molecular weight excluding hydrogens is 260 g/mol. The number of rotatable bonds is 6.